The van der Waals surface area contributed by atoms with Crippen molar-refractivity contribution in [2.75, 3.05) is 9.96 Å². The molecule has 166 valence electrons. The minimum atomic E-state index is -1.14. The number of halogens is 2. The van der Waals surface area contributed by atoms with Crippen LogP contribution in [0.1, 0.15) is 11.6 Å². The Morgan fingerprint density at radius 2 is 1.55 bits per heavy atom. The fraction of sp³-hybridized carbons (Fsp3) is 0.130. The van der Waals surface area contributed by atoms with Crippen molar-refractivity contribution in [3.8, 4) is 0 Å². The minimum absolute atomic E-state index is 0.0953. The number of nitro groups is 1. The van der Waals surface area contributed by atoms with Crippen LogP contribution in [-0.4, -0.2) is 22.8 Å². The van der Waals surface area contributed by atoms with Crippen LogP contribution in [0.5, 0.6) is 0 Å². The molecular formula is C23H15Cl2N3O5. The van der Waals surface area contributed by atoms with Crippen LogP contribution >= 0.6 is 23.2 Å². The Hall–Kier alpha value is -3.46. The lowest BCUT2D eigenvalue weighted by Gasteiger charge is -2.29. The first-order valence-corrected chi connectivity index (χ1v) is 10.7. The minimum Gasteiger partial charge on any atom is -0.273 e. The number of benzene rings is 3. The number of carbonyl (C=O) groups excluding carboxylic acids is 2. The van der Waals surface area contributed by atoms with Gasteiger partial charge in [0.2, 0.25) is 5.91 Å². The number of fused-ring (bicyclic) bond motifs is 1. The highest BCUT2D eigenvalue weighted by atomic mass is 35.5. The maximum Gasteiger partial charge on any atom is 0.269 e. The number of hydrogen-bond donors (Lipinski definition) is 0. The molecule has 2 aliphatic rings. The van der Waals surface area contributed by atoms with Crippen molar-refractivity contribution in [3.05, 3.63) is 98.5 Å². The van der Waals surface area contributed by atoms with Crippen LogP contribution in [-0.2, 0) is 14.4 Å². The second-order valence-corrected chi connectivity index (χ2v) is 8.41. The van der Waals surface area contributed by atoms with Crippen LogP contribution in [0.25, 0.3) is 0 Å². The van der Waals surface area contributed by atoms with E-state index in [9.17, 15) is 19.7 Å². The molecule has 0 N–H and O–H groups in total. The van der Waals surface area contributed by atoms with Crippen molar-refractivity contribution in [1.82, 2.24) is 0 Å². The van der Waals surface area contributed by atoms with Crippen LogP contribution in [0.2, 0.25) is 10.0 Å². The van der Waals surface area contributed by atoms with E-state index in [1.165, 1.54) is 35.4 Å². The first-order chi connectivity index (χ1) is 15.9. The summed E-state index contributed by atoms with van der Waals surface area (Å²) in [5, 5.41) is 13.1. The number of rotatable bonds is 4. The van der Waals surface area contributed by atoms with Gasteiger partial charge in [-0.25, -0.2) is 9.96 Å². The highest BCUT2D eigenvalue weighted by Gasteiger charge is 2.60. The van der Waals surface area contributed by atoms with E-state index >= 15 is 0 Å². The highest BCUT2D eigenvalue weighted by Crippen LogP contribution is 2.49. The first kappa shape index (κ1) is 21.4. The Labute approximate surface area is 198 Å². The number of para-hydroxylation sites is 2. The topological polar surface area (TPSA) is 93.0 Å². The summed E-state index contributed by atoms with van der Waals surface area (Å²) in [5.41, 5.74) is 1.03. The molecule has 5 rings (SSSR count). The van der Waals surface area contributed by atoms with Gasteiger partial charge >= 0.3 is 0 Å². The van der Waals surface area contributed by atoms with Gasteiger partial charge in [0.05, 0.1) is 32.4 Å². The molecule has 2 heterocycles. The summed E-state index contributed by atoms with van der Waals surface area (Å²) in [6, 6.07) is 18.8. The monoisotopic (exact) mass is 483 g/mol. The third-order valence-electron chi connectivity index (χ3n) is 5.71. The van der Waals surface area contributed by atoms with Gasteiger partial charge in [-0.1, -0.05) is 59.6 Å². The number of carbonyl (C=O) groups is 2. The van der Waals surface area contributed by atoms with E-state index in [0.29, 0.717) is 11.3 Å². The van der Waals surface area contributed by atoms with Crippen molar-refractivity contribution >= 4 is 52.1 Å². The summed E-state index contributed by atoms with van der Waals surface area (Å²) in [6.07, 6.45) is -1.14. The van der Waals surface area contributed by atoms with Crippen molar-refractivity contribution < 1.29 is 19.3 Å². The number of hydrogen-bond acceptors (Lipinski definition) is 6. The molecule has 2 amide bonds. The summed E-state index contributed by atoms with van der Waals surface area (Å²) in [5.74, 6) is -2.11. The predicted molar refractivity (Wildman–Crippen MR) is 122 cm³/mol. The lowest BCUT2D eigenvalue weighted by Crippen LogP contribution is -2.37. The largest absolute Gasteiger partial charge is 0.273 e. The normalized spacial score (nSPS) is 22.1. The molecule has 0 spiro atoms. The summed E-state index contributed by atoms with van der Waals surface area (Å²) in [6.45, 7) is 0. The van der Waals surface area contributed by atoms with E-state index in [1.807, 2.05) is 6.07 Å². The Bertz CT molecular complexity index is 1270. The molecule has 10 heteroatoms. The van der Waals surface area contributed by atoms with Gasteiger partial charge in [-0.05, 0) is 29.8 Å². The van der Waals surface area contributed by atoms with Gasteiger partial charge < -0.3 is 0 Å². The van der Waals surface area contributed by atoms with E-state index < -0.39 is 34.8 Å². The molecule has 0 aliphatic carbocycles. The zero-order valence-corrected chi connectivity index (χ0v) is 18.3. The third kappa shape index (κ3) is 3.43. The van der Waals surface area contributed by atoms with Crippen LogP contribution in [0, 0.1) is 16.0 Å². The Morgan fingerprint density at radius 3 is 2.21 bits per heavy atom. The second-order valence-electron chi connectivity index (χ2n) is 7.59. The fourth-order valence-corrected chi connectivity index (χ4v) is 4.86. The molecular weight excluding hydrogens is 469 g/mol. The number of anilines is 2. The van der Waals surface area contributed by atoms with Crippen LogP contribution in [0.4, 0.5) is 17.1 Å². The van der Waals surface area contributed by atoms with Crippen LogP contribution in [0.3, 0.4) is 0 Å². The average molecular weight is 484 g/mol. The first-order valence-electron chi connectivity index (χ1n) is 9.95. The Balaban J connectivity index is 1.63. The van der Waals surface area contributed by atoms with Crippen molar-refractivity contribution in [2.45, 2.75) is 12.1 Å². The van der Waals surface area contributed by atoms with Crippen LogP contribution < -0.4 is 9.96 Å². The predicted octanol–water partition coefficient (Wildman–Crippen LogP) is 4.95. The number of amides is 2. The maximum absolute atomic E-state index is 13.6. The fourth-order valence-electron chi connectivity index (χ4n) is 4.30. The molecule has 33 heavy (non-hydrogen) atoms. The molecule has 0 radical (unpaired) electrons. The van der Waals surface area contributed by atoms with Crippen LogP contribution in [0.15, 0.2) is 72.8 Å². The third-order valence-corrected chi connectivity index (χ3v) is 6.32. The molecule has 0 saturated carbocycles. The van der Waals surface area contributed by atoms with E-state index in [2.05, 4.69) is 0 Å². The van der Waals surface area contributed by atoms with E-state index in [4.69, 9.17) is 28.0 Å². The SMILES string of the molecule is O=C1[C@H]2[C@@H](c3cccc([N+](=O)[O-])c3)N(c3ccccc3)O[C@H]2C(=O)N1c1c(Cl)cccc1Cl. The summed E-state index contributed by atoms with van der Waals surface area (Å²) in [4.78, 5) is 44.8. The van der Waals surface area contributed by atoms with Gasteiger partial charge in [0, 0.05) is 12.1 Å². The smallest absolute Gasteiger partial charge is 0.269 e. The van der Waals surface area contributed by atoms with Crippen molar-refractivity contribution in [2.24, 2.45) is 5.92 Å². The number of nitro benzene ring substituents is 1. The van der Waals surface area contributed by atoms with Gasteiger partial charge in [-0.3, -0.25) is 24.5 Å². The highest BCUT2D eigenvalue weighted by molar-refractivity contribution is 6.42. The molecule has 8 nitrogen and oxygen atoms in total. The average Bonchev–Trinajstić information content (AvgIpc) is 3.31. The molecule has 2 saturated heterocycles. The Kier molecular flexibility index (Phi) is 5.28. The number of nitrogens with zero attached hydrogens (tertiary/aromatic N) is 3. The maximum atomic E-state index is 13.6. The van der Waals surface area contributed by atoms with Gasteiger partial charge in [0.15, 0.2) is 6.10 Å². The lowest BCUT2D eigenvalue weighted by molar-refractivity contribution is -0.384. The number of non-ortho nitro benzene ring substituents is 1. The number of hydroxylamine groups is 1. The van der Waals surface area contributed by atoms with Crippen molar-refractivity contribution in [1.29, 1.82) is 0 Å². The van der Waals surface area contributed by atoms with Gasteiger partial charge in [0.1, 0.15) is 5.92 Å². The van der Waals surface area contributed by atoms with Crippen molar-refractivity contribution in [3.63, 3.8) is 0 Å². The second kappa shape index (κ2) is 8.15. The molecule has 2 fully saturated rings. The summed E-state index contributed by atoms with van der Waals surface area (Å²) >= 11 is 12.5. The van der Waals surface area contributed by atoms with Gasteiger partial charge in [-0.15, -0.1) is 0 Å². The molecule has 2 aliphatic heterocycles. The quantitative estimate of drug-likeness (QED) is 0.296. The summed E-state index contributed by atoms with van der Waals surface area (Å²) in [7, 11) is 0. The van der Waals surface area contributed by atoms with Gasteiger partial charge in [0.25, 0.3) is 11.6 Å². The molecule has 3 aromatic carbocycles. The molecule has 3 aromatic rings. The standard InChI is InChI=1S/C23H15Cl2N3O5/c24-16-10-5-11-17(25)20(16)26-22(29)18-19(13-6-4-9-15(12-13)28(31)32)27(33-21(18)23(26)30)14-7-2-1-3-8-14/h1-12,18-19,21H/t18-,19+,21+/m0/s1. The molecule has 0 unspecified atom stereocenters. The van der Waals surface area contributed by atoms with E-state index in [1.54, 1.807) is 36.4 Å². The summed E-state index contributed by atoms with van der Waals surface area (Å²) < 4.78 is 0. The Morgan fingerprint density at radius 1 is 0.879 bits per heavy atom. The molecule has 3 atom stereocenters. The zero-order chi connectivity index (χ0) is 23.3. The van der Waals surface area contributed by atoms with E-state index in [0.717, 1.165) is 4.90 Å². The van der Waals surface area contributed by atoms with Gasteiger partial charge in [-0.2, -0.15) is 0 Å². The zero-order valence-electron chi connectivity index (χ0n) is 16.8. The lowest BCUT2D eigenvalue weighted by atomic mass is 9.90. The molecule has 0 bridgehead atoms. The molecule has 0 aromatic heterocycles. The number of imide groups is 1. The van der Waals surface area contributed by atoms with E-state index in [-0.39, 0.29) is 21.4 Å².